The molecule has 17 heavy (non-hydrogen) atoms. The van der Waals surface area contributed by atoms with Crippen LogP contribution >= 0.6 is 0 Å². The number of carboxylic acid groups (broad SMARTS) is 1. The molecule has 0 amide bonds. The molecule has 0 rings (SSSR count). The van der Waals surface area contributed by atoms with Crippen molar-refractivity contribution in [1.29, 1.82) is 0 Å². The molecule has 1 unspecified atom stereocenters. The first kappa shape index (κ1) is 16.3. The Morgan fingerprint density at radius 3 is 2.47 bits per heavy atom. The van der Waals surface area contributed by atoms with Crippen molar-refractivity contribution in [3.05, 3.63) is 0 Å². The van der Waals surface area contributed by atoms with Gasteiger partial charge in [-0.15, -0.1) is 0 Å². The zero-order valence-corrected chi connectivity index (χ0v) is 10.5. The van der Waals surface area contributed by atoms with Gasteiger partial charge in [-0.2, -0.15) is 0 Å². The summed E-state index contributed by atoms with van der Waals surface area (Å²) in [6.45, 7) is 4.25. The number of carbonyl (C=O) groups is 1. The number of methoxy groups -OCH3 is 1. The van der Waals surface area contributed by atoms with E-state index in [1.54, 1.807) is 14.0 Å². The highest BCUT2D eigenvalue weighted by Crippen LogP contribution is 1.94. The minimum Gasteiger partial charge on any atom is -0.479 e. The van der Waals surface area contributed by atoms with Gasteiger partial charge in [0.05, 0.1) is 19.8 Å². The van der Waals surface area contributed by atoms with Crippen molar-refractivity contribution in [3.8, 4) is 0 Å². The second-order valence-corrected chi connectivity index (χ2v) is 3.32. The average Bonchev–Trinajstić information content (AvgIpc) is 2.31. The molecule has 0 saturated heterocycles. The van der Waals surface area contributed by atoms with Gasteiger partial charge >= 0.3 is 5.97 Å². The quantitative estimate of drug-likeness (QED) is 0.510. The van der Waals surface area contributed by atoms with Crippen LogP contribution in [0.1, 0.15) is 13.3 Å². The van der Waals surface area contributed by atoms with Gasteiger partial charge in [-0.05, 0) is 13.3 Å². The van der Waals surface area contributed by atoms with E-state index in [9.17, 15) is 4.79 Å². The normalized spacial score (nSPS) is 12.6. The fourth-order valence-electron chi connectivity index (χ4n) is 1.11. The molecular formula is C11H22O6. The Morgan fingerprint density at radius 1 is 1.18 bits per heavy atom. The van der Waals surface area contributed by atoms with Crippen LogP contribution < -0.4 is 0 Å². The SMILES string of the molecule is CCOC(COCCOCCCOC)C(=O)O. The van der Waals surface area contributed by atoms with Gasteiger partial charge in [-0.3, -0.25) is 0 Å². The largest absolute Gasteiger partial charge is 0.479 e. The molecule has 0 aromatic rings. The summed E-state index contributed by atoms with van der Waals surface area (Å²) in [6.07, 6.45) is -0.0544. The first-order valence-electron chi connectivity index (χ1n) is 5.71. The minimum atomic E-state index is -1.01. The van der Waals surface area contributed by atoms with Crippen LogP contribution in [-0.2, 0) is 23.7 Å². The molecule has 0 aliphatic rings. The van der Waals surface area contributed by atoms with E-state index in [1.807, 2.05) is 0 Å². The van der Waals surface area contributed by atoms with Crippen molar-refractivity contribution in [2.24, 2.45) is 0 Å². The van der Waals surface area contributed by atoms with Gasteiger partial charge in [0.2, 0.25) is 0 Å². The Labute approximate surface area is 102 Å². The van der Waals surface area contributed by atoms with Crippen molar-refractivity contribution in [1.82, 2.24) is 0 Å². The predicted molar refractivity (Wildman–Crippen MR) is 61.2 cm³/mol. The van der Waals surface area contributed by atoms with Gasteiger partial charge in [-0.25, -0.2) is 4.79 Å². The maximum atomic E-state index is 10.7. The molecule has 0 aromatic carbocycles. The Balaban J connectivity index is 3.33. The third kappa shape index (κ3) is 10.2. The lowest BCUT2D eigenvalue weighted by atomic mass is 10.4. The topological polar surface area (TPSA) is 74.2 Å². The van der Waals surface area contributed by atoms with Crippen molar-refractivity contribution >= 4 is 5.97 Å². The van der Waals surface area contributed by atoms with E-state index >= 15 is 0 Å². The Hall–Kier alpha value is -0.690. The lowest BCUT2D eigenvalue weighted by molar-refractivity contribution is -0.154. The molecule has 1 atom stereocenters. The molecule has 6 heteroatoms. The molecule has 102 valence electrons. The third-order valence-electron chi connectivity index (χ3n) is 1.92. The number of ether oxygens (including phenoxy) is 4. The molecule has 0 radical (unpaired) electrons. The molecular weight excluding hydrogens is 228 g/mol. The zero-order chi connectivity index (χ0) is 12.9. The maximum Gasteiger partial charge on any atom is 0.335 e. The zero-order valence-electron chi connectivity index (χ0n) is 10.5. The third-order valence-corrected chi connectivity index (χ3v) is 1.92. The molecule has 0 fully saturated rings. The summed E-state index contributed by atoms with van der Waals surface area (Å²) in [4.78, 5) is 10.7. The fourth-order valence-corrected chi connectivity index (χ4v) is 1.11. The lowest BCUT2D eigenvalue weighted by Crippen LogP contribution is -2.29. The summed E-state index contributed by atoms with van der Waals surface area (Å²) in [7, 11) is 1.64. The Morgan fingerprint density at radius 2 is 1.88 bits per heavy atom. The maximum absolute atomic E-state index is 10.7. The number of hydrogen-bond donors (Lipinski definition) is 1. The molecule has 0 saturated carbocycles. The van der Waals surface area contributed by atoms with Crippen molar-refractivity contribution in [3.63, 3.8) is 0 Å². The summed E-state index contributed by atoms with van der Waals surface area (Å²) in [6, 6.07) is 0. The van der Waals surface area contributed by atoms with Crippen LogP contribution in [-0.4, -0.2) is 63.9 Å². The van der Waals surface area contributed by atoms with Crippen molar-refractivity contribution in [2.45, 2.75) is 19.4 Å². The van der Waals surface area contributed by atoms with E-state index in [2.05, 4.69) is 0 Å². The summed E-state index contributed by atoms with van der Waals surface area (Å²) in [5, 5.41) is 8.75. The molecule has 0 spiro atoms. The van der Waals surface area contributed by atoms with Crippen LogP contribution in [0.3, 0.4) is 0 Å². The fraction of sp³-hybridized carbons (Fsp3) is 0.909. The summed E-state index contributed by atoms with van der Waals surface area (Å²) >= 11 is 0. The average molecular weight is 250 g/mol. The standard InChI is InChI=1S/C11H22O6/c1-3-17-10(11(12)13)9-16-8-7-15-6-4-5-14-2/h10H,3-9H2,1-2H3,(H,12,13). The number of hydrogen-bond acceptors (Lipinski definition) is 5. The van der Waals surface area contributed by atoms with Gasteiger partial charge in [0, 0.05) is 26.9 Å². The van der Waals surface area contributed by atoms with Gasteiger partial charge in [-0.1, -0.05) is 0 Å². The number of rotatable bonds is 12. The first-order valence-corrected chi connectivity index (χ1v) is 5.71. The highest BCUT2D eigenvalue weighted by molar-refractivity contribution is 5.72. The molecule has 0 aliphatic heterocycles. The van der Waals surface area contributed by atoms with E-state index < -0.39 is 12.1 Å². The van der Waals surface area contributed by atoms with Crippen LogP contribution in [0.25, 0.3) is 0 Å². The first-order chi connectivity index (χ1) is 8.22. The van der Waals surface area contributed by atoms with Gasteiger partial charge in [0.1, 0.15) is 0 Å². The second-order valence-electron chi connectivity index (χ2n) is 3.32. The second kappa shape index (κ2) is 11.8. The molecule has 0 aromatic heterocycles. The smallest absolute Gasteiger partial charge is 0.335 e. The minimum absolute atomic E-state index is 0.0462. The van der Waals surface area contributed by atoms with E-state index in [-0.39, 0.29) is 6.61 Å². The van der Waals surface area contributed by atoms with Crippen LogP contribution in [0, 0.1) is 0 Å². The number of aliphatic carboxylic acids is 1. The Bertz CT molecular complexity index is 185. The summed E-state index contributed by atoms with van der Waals surface area (Å²) < 4.78 is 20.2. The van der Waals surface area contributed by atoms with Crippen LogP contribution in [0.2, 0.25) is 0 Å². The molecule has 0 bridgehead atoms. The lowest BCUT2D eigenvalue weighted by Gasteiger charge is -2.12. The van der Waals surface area contributed by atoms with Crippen molar-refractivity contribution in [2.75, 3.05) is 46.8 Å². The van der Waals surface area contributed by atoms with Gasteiger partial charge < -0.3 is 24.1 Å². The van der Waals surface area contributed by atoms with Gasteiger partial charge in [0.15, 0.2) is 6.10 Å². The molecule has 0 aliphatic carbocycles. The van der Waals surface area contributed by atoms with E-state index in [1.165, 1.54) is 0 Å². The van der Waals surface area contributed by atoms with E-state index in [0.29, 0.717) is 33.0 Å². The highest BCUT2D eigenvalue weighted by atomic mass is 16.6. The molecule has 0 heterocycles. The van der Waals surface area contributed by atoms with Gasteiger partial charge in [0.25, 0.3) is 0 Å². The monoisotopic (exact) mass is 250 g/mol. The Kier molecular flexibility index (Phi) is 11.3. The van der Waals surface area contributed by atoms with Crippen LogP contribution in [0.5, 0.6) is 0 Å². The highest BCUT2D eigenvalue weighted by Gasteiger charge is 2.16. The molecule has 6 nitrogen and oxygen atoms in total. The van der Waals surface area contributed by atoms with Crippen molar-refractivity contribution < 1.29 is 28.8 Å². The molecule has 1 N–H and O–H groups in total. The number of carboxylic acids is 1. The predicted octanol–water partition coefficient (Wildman–Crippen LogP) is 0.546. The summed E-state index contributed by atoms with van der Waals surface area (Å²) in [5.41, 5.74) is 0. The van der Waals surface area contributed by atoms with Crippen LogP contribution in [0.4, 0.5) is 0 Å². The van der Waals surface area contributed by atoms with E-state index in [4.69, 9.17) is 24.1 Å². The van der Waals surface area contributed by atoms with Crippen LogP contribution in [0.15, 0.2) is 0 Å². The van der Waals surface area contributed by atoms with E-state index in [0.717, 1.165) is 6.42 Å². The summed E-state index contributed by atoms with van der Waals surface area (Å²) in [5.74, 6) is -1.01.